The van der Waals surface area contributed by atoms with Crippen LogP contribution in [0.25, 0.3) is 0 Å². The second-order valence-corrected chi connectivity index (χ2v) is 6.10. The Morgan fingerprint density at radius 2 is 1.63 bits per heavy atom. The van der Waals surface area contributed by atoms with Crippen LogP contribution in [0.5, 0.6) is 0 Å². The summed E-state index contributed by atoms with van der Waals surface area (Å²) in [4.78, 5) is 7.52. The molecule has 3 aliphatic heterocycles. The minimum absolute atomic E-state index is 0.470. The van der Waals surface area contributed by atoms with Gasteiger partial charge in [0.1, 0.15) is 0 Å². The van der Waals surface area contributed by atoms with E-state index in [1.54, 1.807) is 0 Å². The first-order valence-corrected chi connectivity index (χ1v) is 7.60. The topological polar surface area (TPSA) is 33.5 Å². The van der Waals surface area contributed by atoms with Crippen molar-refractivity contribution in [2.45, 2.75) is 44.3 Å². The fraction of sp³-hybridized carbons (Fsp3) is 0.800. The molecule has 2 atom stereocenters. The average Bonchev–Trinajstić information content (AvgIpc) is 3.10. The summed E-state index contributed by atoms with van der Waals surface area (Å²) in [5.41, 5.74) is 0.940. The van der Waals surface area contributed by atoms with E-state index in [-0.39, 0.29) is 0 Å². The molecule has 0 aromatic heterocycles. The molecule has 0 bridgehead atoms. The Morgan fingerprint density at radius 1 is 1.05 bits per heavy atom. The molecule has 0 N–H and O–H groups in total. The van der Waals surface area contributed by atoms with E-state index >= 15 is 0 Å². The fourth-order valence-corrected chi connectivity index (χ4v) is 3.95. The van der Waals surface area contributed by atoms with Crippen LogP contribution in [0.2, 0.25) is 0 Å². The first-order chi connectivity index (χ1) is 9.29. The van der Waals surface area contributed by atoms with Crippen molar-refractivity contribution in [2.24, 2.45) is 0 Å². The van der Waals surface area contributed by atoms with E-state index < -0.39 is 0 Å². The van der Waals surface area contributed by atoms with Crippen LogP contribution >= 0.6 is 0 Å². The van der Waals surface area contributed by atoms with Crippen molar-refractivity contribution in [2.75, 3.05) is 33.2 Å². The monoisotopic (exact) mass is 260 g/mol. The van der Waals surface area contributed by atoms with Gasteiger partial charge in [-0.3, -0.25) is 9.80 Å². The second-order valence-electron chi connectivity index (χ2n) is 6.10. The van der Waals surface area contributed by atoms with Gasteiger partial charge in [-0.1, -0.05) is 0 Å². The Hall–Kier alpha value is -1.05. The molecule has 19 heavy (non-hydrogen) atoms. The Balaban J connectivity index is 1.83. The zero-order valence-corrected chi connectivity index (χ0v) is 11.9. The van der Waals surface area contributed by atoms with Crippen molar-refractivity contribution in [1.29, 1.82) is 5.26 Å². The molecular weight excluding hydrogens is 236 g/mol. The van der Waals surface area contributed by atoms with Crippen molar-refractivity contribution in [3.8, 4) is 6.07 Å². The molecule has 2 saturated heterocycles. The predicted octanol–water partition coefficient (Wildman–Crippen LogP) is 1.62. The molecule has 0 aliphatic carbocycles. The highest BCUT2D eigenvalue weighted by molar-refractivity contribution is 5.25. The highest BCUT2D eigenvalue weighted by Crippen LogP contribution is 2.30. The molecule has 3 aliphatic rings. The van der Waals surface area contributed by atoms with Crippen LogP contribution in [-0.2, 0) is 0 Å². The van der Waals surface area contributed by atoms with Gasteiger partial charge in [-0.2, -0.15) is 5.26 Å². The van der Waals surface area contributed by atoms with Gasteiger partial charge in [-0.25, -0.2) is 0 Å². The normalized spacial score (nSPS) is 33.5. The predicted molar refractivity (Wildman–Crippen MR) is 75.3 cm³/mol. The minimum Gasteiger partial charge on any atom is -0.362 e. The molecule has 0 unspecified atom stereocenters. The summed E-state index contributed by atoms with van der Waals surface area (Å²) in [6, 6.07) is 2.88. The molecule has 4 heteroatoms. The number of nitriles is 1. The third kappa shape index (κ3) is 2.50. The summed E-state index contributed by atoms with van der Waals surface area (Å²) < 4.78 is 0. The van der Waals surface area contributed by atoms with E-state index in [0.717, 1.165) is 12.0 Å². The number of nitrogens with zero attached hydrogens (tertiary/aromatic N) is 4. The van der Waals surface area contributed by atoms with Crippen LogP contribution < -0.4 is 0 Å². The van der Waals surface area contributed by atoms with Gasteiger partial charge in [0.2, 0.25) is 0 Å². The number of hydrogen-bond donors (Lipinski definition) is 0. The van der Waals surface area contributed by atoms with Crippen molar-refractivity contribution in [3.05, 3.63) is 11.8 Å². The zero-order chi connectivity index (χ0) is 13.2. The Kier molecular flexibility index (Phi) is 3.76. The Morgan fingerprint density at radius 3 is 2.21 bits per heavy atom. The summed E-state index contributed by atoms with van der Waals surface area (Å²) >= 11 is 0. The highest BCUT2D eigenvalue weighted by atomic mass is 15.4. The van der Waals surface area contributed by atoms with E-state index in [9.17, 15) is 5.26 Å². The van der Waals surface area contributed by atoms with Gasteiger partial charge in [0.15, 0.2) is 0 Å². The second kappa shape index (κ2) is 5.52. The lowest BCUT2D eigenvalue weighted by Crippen LogP contribution is -2.58. The number of hydrogen-bond acceptors (Lipinski definition) is 4. The van der Waals surface area contributed by atoms with Gasteiger partial charge in [-0.15, -0.1) is 0 Å². The lowest BCUT2D eigenvalue weighted by molar-refractivity contribution is 0.0212. The Bertz CT molecular complexity index is 385. The highest BCUT2D eigenvalue weighted by Gasteiger charge is 2.39. The molecule has 0 aromatic carbocycles. The van der Waals surface area contributed by atoms with Crippen molar-refractivity contribution in [1.82, 2.24) is 14.7 Å². The molecule has 104 valence electrons. The van der Waals surface area contributed by atoms with Crippen molar-refractivity contribution >= 4 is 0 Å². The van der Waals surface area contributed by atoms with Gasteiger partial charge >= 0.3 is 0 Å². The molecule has 2 fully saturated rings. The molecule has 3 heterocycles. The summed E-state index contributed by atoms with van der Waals surface area (Å²) in [6.07, 6.45) is 8.75. The summed E-state index contributed by atoms with van der Waals surface area (Å²) in [5.74, 6) is 0. The van der Waals surface area contributed by atoms with Gasteiger partial charge in [0, 0.05) is 44.4 Å². The average molecular weight is 260 g/mol. The first-order valence-electron chi connectivity index (χ1n) is 7.60. The molecule has 0 aromatic rings. The smallest absolute Gasteiger partial charge is 0.0974 e. The number of likely N-dealkylation sites (tertiary alicyclic amines) is 2. The molecule has 4 nitrogen and oxygen atoms in total. The number of likely N-dealkylation sites (N-methyl/N-ethyl adjacent to an activating group) is 1. The number of rotatable bonds is 2. The van der Waals surface area contributed by atoms with Gasteiger partial charge in [0.25, 0.3) is 0 Å². The molecule has 0 radical (unpaired) electrons. The first kappa shape index (κ1) is 13.0. The van der Waals surface area contributed by atoms with Crippen LogP contribution in [0.4, 0.5) is 0 Å². The molecule has 0 amide bonds. The van der Waals surface area contributed by atoms with Gasteiger partial charge in [0.05, 0.1) is 12.2 Å². The molecule has 0 saturated carbocycles. The maximum absolute atomic E-state index is 9.24. The lowest BCUT2D eigenvalue weighted by Gasteiger charge is -2.46. The lowest BCUT2D eigenvalue weighted by atomic mass is 9.98. The third-order valence-electron chi connectivity index (χ3n) is 4.82. The maximum Gasteiger partial charge on any atom is 0.0974 e. The van der Waals surface area contributed by atoms with Crippen LogP contribution in [0.3, 0.4) is 0 Å². The largest absolute Gasteiger partial charge is 0.362 e. The molecule has 0 spiro atoms. The van der Waals surface area contributed by atoms with Crippen molar-refractivity contribution < 1.29 is 0 Å². The van der Waals surface area contributed by atoms with Crippen LogP contribution in [0.15, 0.2) is 11.8 Å². The van der Waals surface area contributed by atoms with Crippen molar-refractivity contribution in [3.63, 3.8) is 0 Å². The quantitative estimate of drug-likeness (QED) is 0.755. The fourth-order valence-electron chi connectivity index (χ4n) is 3.95. The van der Waals surface area contributed by atoms with Crippen LogP contribution in [-0.4, -0.2) is 60.1 Å². The van der Waals surface area contributed by atoms with Gasteiger partial charge < -0.3 is 4.90 Å². The van der Waals surface area contributed by atoms with Gasteiger partial charge in [-0.05, 0) is 38.8 Å². The maximum atomic E-state index is 9.24. The summed E-state index contributed by atoms with van der Waals surface area (Å²) in [5, 5.41) is 9.24. The SMILES string of the molecule is CN1C=C(C#N)C[C@H](N2CCCC2)[C@H]1N1CCCC1. The molecule has 3 rings (SSSR count). The van der Waals surface area contributed by atoms with Crippen LogP contribution in [0.1, 0.15) is 32.1 Å². The zero-order valence-electron chi connectivity index (χ0n) is 11.9. The van der Waals surface area contributed by atoms with Crippen LogP contribution in [0, 0.1) is 11.3 Å². The minimum atomic E-state index is 0.470. The standard InChI is InChI=1S/C15H24N4/c1-17-12-13(11-16)10-14(18-6-2-3-7-18)15(17)19-8-4-5-9-19/h12,14-15H,2-10H2,1H3/t14-,15+/m0/s1. The summed E-state index contributed by atoms with van der Waals surface area (Å²) in [6.45, 7) is 4.85. The summed E-state index contributed by atoms with van der Waals surface area (Å²) in [7, 11) is 2.14. The van der Waals surface area contributed by atoms with E-state index in [4.69, 9.17) is 0 Å². The van der Waals surface area contributed by atoms with E-state index in [2.05, 4.69) is 34.0 Å². The molecular formula is C15H24N4. The van der Waals surface area contributed by atoms with E-state index in [1.165, 1.54) is 51.9 Å². The van der Waals surface area contributed by atoms with E-state index in [0.29, 0.717) is 12.2 Å². The third-order valence-corrected chi connectivity index (χ3v) is 4.82. The Labute approximate surface area is 116 Å². The van der Waals surface area contributed by atoms with E-state index in [1.807, 2.05) is 0 Å².